The van der Waals surface area contributed by atoms with Crippen LogP contribution in [0.5, 0.6) is 0 Å². The fraction of sp³-hybridized carbons (Fsp3) is 0.533. The van der Waals surface area contributed by atoms with Crippen LogP contribution < -0.4 is 0 Å². The van der Waals surface area contributed by atoms with Crippen molar-refractivity contribution < 1.29 is 18.3 Å². The molecule has 1 aliphatic heterocycles. The number of hydrogen-bond donors (Lipinski definition) is 1. The number of carbonyl (C=O) groups excluding carboxylic acids is 1. The first-order valence-electron chi connectivity index (χ1n) is 6.92. The minimum Gasteiger partial charge on any atom is -0.388 e. The second-order valence-corrected chi connectivity index (χ2v) is 8.09. The van der Waals surface area contributed by atoms with Crippen LogP contribution in [0.15, 0.2) is 23.1 Å². The zero-order chi connectivity index (χ0) is 15.8. The molecule has 1 amide bonds. The van der Waals surface area contributed by atoms with Crippen molar-refractivity contribution in [3.8, 4) is 0 Å². The molecular weight excluding hydrogens is 290 g/mol. The van der Waals surface area contributed by atoms with Gasteiger partial charge in [0.1, 0.15) is 0 Å². The summed E-state index contributed by atoms with van der Waals surface area (Å²) in [5.41, 5.74) is 0.240. The van der Waals surface area contributed by atoms with Gasteiger partial charge in [-0.1, -0.05) is 6.07 Å². The first-order chi connectivity index (χ1) is 9.60. The van der Waals surface area contributed by atoms with E-state index in [-0.39, 0.29) is 17.3 Å². The summed E-state index contributed by atoms with van der Waals surface area (Å²) < 4.78 is 23.3. The zero-order valence-electron chi connectivity index (χ0n) is 12.6. The number of β-amino-alcohol motifs (C(OH)–C–C–N with tert-alkyl or cyclic N) is 1. The maximum Gasteiger partial charge on any atom is 0.254 e. The first-order valence-corrected chi connectivity index (χ1v) is 8.82. The summed E-state index contributed by atoms with van der Waals surface area (Å²) in [4.78, 5) is 14.3. The third kappa shape index (κ3) is 3.63. The van der Waals surface area contributed by atoms with Gasteiger partial charge in [0.25, 0.3) is 5.91 Å². The van der Waals surface area contributed by atoms with Gasteiger partial charge in [-0.25, -0.2) is 8.42 Å². The number of piperidine rings is 1. The molecular formula is C15H21NO4S. The molecule has 116 valence electrons. The molecule has 0 bridgehead atoms. The van der Waals surface area contributed by atoms with Crippen LogP contribution in [-0.2, 0) is 9.84 Å². The Kier molecular flexibility index (Phi) is 4.13. The number of sulfone groups is 1. The average Bonchev–Trinajstić information content (AvgIpc) is 2.36. The molecule has 0 saturated carbocycles. The summed E-state index contributed by atoms with van der Waals surface area (Å²) in [6.45, 7) is 4.35. The number of aryl methyl sites for hydroxylation is 1. The molecule has 1 heterocycles. The molecule has 1 aromatic carbocycles. The molecule has 5 nitrogen and oxygen atoms in total. The summed E-state index contributed by atoms with van der Waals surface area (Å²) in [5, 5.41) is 10.1. The lowest BCUT2D eigenvalue weighted by Crippen LogP contribution is -2.48. The Morgan fingerprint density at radius 2 is 2.05 bits per heavy atom. The van der Waals surface area contributed by atoms with E-state index in [1.54, 1.807) is 24.8 Å². The molecule has 1 unspecified atom stereocenters. The molecule has 1 atom stereocenters. The van der Waals surface area contributed by atoms with Gasteiger partial charge >= 0.3 is 0 Å². The number of hydrogen-bond acceptors (Lipinski definition) is 4. The molecule has 1 saturated heterocycles. The predicted octanol–water partition coefficient (Wildman–Crippen LogP) is 1.39. The molecule has 1 aromatic rings. The second kappa shape index (κ2) is 5.42. The monoisotopic (exact) mass is 311 g/mol. The van der Waals surface area contributed by atoms with Crippen molar-refractivity contribution in [1.29, 1.82) is 0 Å². The van der Waals surface area contributed by atoms with E-state index in [4.69, 9.17) is 0 Å². The Morgan fingerprint density at radius 1 is 1.38 bits per heavy atom. The number of carbonyl (C=O) groups is 1. The van der Waals surface area contributed by atoms with E-state index in [2.05, 4.69) is 0 Å². The van der Waals surface area contributed by atoms with Gasteiger partial charge in [-0.2, -0.15) is 0 Å². The van der Waals surface area contributed by atoms with Crippen LogP contribution in [0, 0.1) is 6.92 Å². The molecule has 0 radical (unpaired) electrons. The van der Waals surface area contributed by atoms with Crippen molar-refractivity contribution in [3.05, 3.63) is 29.3 Å². The Balaban J connectivity index is 2.35. The summed E-state index contributed by atoms with van der Waals surface area (Å²) in [6.07, 6.45) is 2.53. The summed E-state index contributed by atoms with van der Waals surface area (Å²) >= 11 is 0. The first kappa shape index (κ1) is 16.0. The van der Waals surface area contributed by atoms with Gasteiger partial charge in [0.05, 0.1) is 10.5 Å². The SMILES string of the molecule is Cc1ccc(S(C)(=O)=O)cc1C(=O)N1CCCC(C)(O)C1. The van der Waals surface area contributed by atoms with Crippen LogP contribution in [0.4, 0.5) is 0 Å². The Morgan fingerprint density at radius 3 is 2.62 bits per heavy atom. The molecule has 2 rings (SSSR count). The fourth-order valence-electron chi connectivity index (χ4n) is 2.63. The number of amides is 1. The van der Waals surface area contributed by atoms with E-state index in [1.807, 2.05) is 0 Å². The van der Waals surface area contributed by atoms with Crippen LogP contribution in [0.25, 0.3) is 0 Å². The van der Waals surface area contributed by atoms with E-state index in [0.29, 0.717) is 18.5 Å². The zero-order valence-corrected chi connectivity index (χ0v) is 13.4. The van der Waals surface area contributed by atoms with E-state index in [1.165, 1.54) is 12.1 Å². The Bertz CT molecular complexity index is 664. The number of benzene rings is 1. The minimum atomic E-state index is -3.35. The summed E-state index contributed by atoms with van der Waals surface area (Å²) in [7, 11) is -3.35. The highest BCUT2D eigenvalue weighted by molar-refractivity contribution is 7.90. The van der Waals surface area contributed by atoms with E-state index < -0.39 is 15.4 Å². The topological polar surface area (TPSA) is 74.7 Å². The van der Waals surface area contributed by atoms with E-state index in [0.717, 1.165) is 18.2 Å². The van der Waals surface area contributed by atoms with Gasteiger partial charge < -0.3 is 10.0 Å². The normalized spacial score (nSPS) is 23.1. The fourth-order valence-corrected chi connectivity index (χ4v) is 3.27. The molecule has 1 aliphatic rings. The van der Waals surface area contributed by atoms with Gasteiger partial charge in [0, 0.05) is 24.9 Å². The van der Waals surface area contributed by atoms with Gasteiger partial charge in [0.15, 0.2) is 9.84 Å². The van der Waals surface area contributed by atoms with Crippen LogP contribution in [0.2, 0.25) is 0 Å². The van der Waals surface area contributed by atoms with Crippen molar-refractivity contribution in [2.45, 2.75) is 37.2 Å². The van der Waals surface area contributed by atoms with Gasteiger partial charge in [0.2, 0.25) is 0 Å². The predicted molar refractivity (Wildman–Crippen MR) is 80.1 cm³/mol. The minimum absolute atomic E-state index is 0.139. The largest absolute Gasteiger partial charge is 0.388 e. The van der Waals surface area contributed by atoms with Crippen molar-refractivity contribution in [2.24, 2.45) is 0 Å². The van der Waals surface area contributed by atoms with Crippen LogP contribution in [0.3, 0.4) is 0 Å². The molecule has 6 heteroatoms. The van der Waals surface area contributed by atoms with Crippen LogP contribution >= 0.6 is 0 Å². The lowest BCUT2D eigenvalue weighted by atomic mass is 9.94. The molecule has 0 aliphatic carbocycles. The van der Waals surface area contributed by atoms with E-state index in [9.17, 15) is 18.3 Å². The number of likely N-dealkylation sites (tertiary alicyclic amines) is 1. The summed E-state index contributed by atoms with van der Waals surface area (Å²) in [5.74, 6) is -0.224. The Labute approximate surface area is 125 Å². The lowest BCUT2D eigenvalue weighted by Gasteiger charge is -2.37. The number of aliphatic hydroxyl groups is 1. The highest BCUT2D eigenvalue weighted by Crippen LogP contribution is 2.24. The standard InChI is InChI=1S/C15H21NO4S/c1-11-5-6-12(21(3,19)20)9-13(11)14(17)16-8-4-7-15(2,18)10-16/h5-6,9,18H,4,7-8,10H2,1-3H3. The Hall–Kier alpha value is -1.40. The highest BCUT2D eigenvalue weighted by atomic mass is 32.2. The molecule has 1 N–H and O–H groups in total. The van der Waals surface area contributed by atoms with Gasteiger partial charge in [-0.3, -0.25) is 4.79 Å². The molecule has 1 fully saturated rings. The van der Waals surface area contributed by atoms with Crippen molar-refractivity contribution in [1.82, 2.24) is 4.90 Å². The molecule has 0 aromatic heterocycles. The second-order valence-electron chi connectivity index (χ2n) is 6.08. The maximum absolute atomic E-state index is 12.6. The van der Waals surface area contributed by atoms with Crippen molar-refractivity contribution in [2.75, 3.05) is 19.3 Å². The lowest BCUT2D eigenvalue weighted by molar-refractivity contribution is -0.0107. The third-order valence-electron chi connectivity index (χ3n) is 3.83. The highest BCUT2D eigenvalue weighted by Gasteiger charge is 2.32. The summed E-state index contributed by atoms with van der Waals surface area (Å²) in [6, 6.07) is 4.58. The quantitative estimate of drug-likeness (QED) is 0.895. The van der Waals surface area contributed by atoms with Gasteiger partial charge in [-0.15, -0.1) is 0 Å². The average molecular weight is 311 g/mol. The number of nitrogens with zero attached hydrogens (tertiary/aromatic N) is 1. The van der Waals surface area contributed by atoms with Crippen molar-refractivity contribution in [3.63, 3.8) is 0 Å². The molecule has 0 spiro atoms. The van der Waals surface area contributed by atoms with E-state index >= 15 is 0 Å². The van der Waals surface area contributed by atoms with Crippen LogP contribution in [-0.4, -0.2) is 49.3 Å². The smallest absolute Gasteiger partial charge is 0.254 e. The third-order valence-corrected chi connectivity index (χ3v) is 4.94. The van der Waals surface area contributed by atoms with Crippen molar-refractivity contribution >= 4 is 15.7 Å². The van der Waals surface area contributed by atoms with Crippen LogP contribution in [0.1, 0.15) is 35.7 Å². The maximum atomic E-state index is 12.6. The molecule has 21 heavy (non-hydrogen) atoms. The van der Waals surface area contributed by atoms with Gasteiger partial charge in [-0.05, 0) is 44.4 Å². The number of rotatable bonds is 2.